The van der Waals surface area contributed by atoms with Gasteiger partial charge in [0.1, 0.15) is 5.70 Å². The molecule has 0 radical (unpaired) electrons. The maximum Gasteiger partial charge on any atom is 0.282 e. The monoisotopic (exact) mass is 449 g/mol. The molecule has 9 heteroatoms. The van der Waals surface area contributed by atoms with E-state index in [4.69, 9.17) is 0 Å². The Morgan fingerprint density at radius 2 is 1.58 bits per heavy atom. The second-order valence-electron chi connectivity index (χ2n) is 7.54. The summed E-state index contributed by atoms with van der Waals surface area (Å²) in [6.07, 6.45) is 0. The molecule has 2 amide bonds. The third-order valence-electron chi connectivity index (χ3n) is 5.23. The first-order chi connectivity index (χ1) is 15.7. The zero-order valence-corrected chi connectivity index (χ0v) is 17.6. The minimum atomic E-state index is -1.12. The first-order valence-corrected chi connectivity index (χ1v) is 9.84. The molecule has 0 aromatic heterocycles. The van der Waals surface area contributed by atoms with Gasteiger partial charge in [0.2, 0.25) is 0 Å². The fourth-order valence-electron chi connectivity index (χ4n) is 3.66. The Kier molecular flexibility index (Phi) is 5.47. The van der Waals surface area contributed by atoms with Crippen molar-refractivity contribution in [2.45, 2.75) is 13.8 Å². The molecule has 0 saturated heterocycles. The van der Waals surface area contributed by atoms with Crippen LogP contribution in [0.25, 0.3) is 5.57 Å². The van der Waals surface area contributed by atoms with E-state index >= 15 is 0 Å². The summed E-state index contributed by atoms with van der Waals surface area (Å²) in [5.41, 5.74) is 1.95. The summed E-state index contributed by atoms with van der Waals surface area (Å²) < 4.78 is 27.1. The molecule has 0 saturated carbocycles. The molecule has 3 aromatic carbocycles. The molecule has 1 N–H and O–H groups in total. The topological polar surface area (TPSA) is 92.6 Å². The van der Waals surface area contributed by atoms with Crippen LogP contribution >= 0.6 is 0 Å². The van der Waals surface area contributed by atoms with Gasteiger partial charge in [-0.15, -0.1) is 0 Å². The molecule has 1 heterocycles. The number of hydrogen-bond acceptors (Lipinski definition) is 5. The average Bonchev–Trinajstić information content (AvgIpc) is 3.00. The van der Waals surface area contributed by atoms with Gasteiger partial charge in [0.15, 0.2) is 11.6 Å². The van der Waals surface area contributed by atoms with Crippen LogP contribution in [0.1, 0.15) is 16.7 Å². The first kappa shape index (κ1) is 21.8. The fourth-order valence-corrected chi connectivity index (χ4v) is 3.66. The number of anilines is 2. The molecule has 0 aliphatic carbocycles. The SMILES string of the molecule is Cc1ccc(N2C(=O)C(Nc3ccc(F)c(F)c3)=C(c3ccc([N+](=O)[O-])cc3)C2=O)c(C)c1. The van der Waals surface area contributed by atoms with Crippen LogP contribution in [0.4, 0.5) is 25.8 Å². The van der Waals surface area contributed by atoms with E-state index in [1.54, 1.807) is 19.1 Å². The molecule has 33 heavy (non-hydrogen) atoms. The van der Waals surface area contributed by atoms with Crippen molar-refractivity contribution in [3.05, 3.63) is 105 Å². The van der Waals surface area contributed by atoms with Crippen molar-refractivity contribution in [3.8, 4) is 0 Å². The number of nitro groups is 1. The quantitative estimate of drug-likeness (QED) is 0.340. The van der Waals surface area contributed by atoms with E-state index in [0.29, 0.717) is 11.3 Å². The number of rotatable bonds is 5. The van der Waals surface area contributed by atoms with Crippen LogP contribution in [0.5, 0.6) is 0 Å². The Labute approximate surface area is 187 Å². The van der Waals surface area contributed by atoms with Crippen molar-refractivity contribution >= 4 is 34.4 Å². The van der Waals surface area contributed by atoms with E-state index in [9.17, 15) is 28.5 Å². The van der Waals surface area contributed by atoms with Crippen LogP contribution in [-0.2, 0) is 9.59 Å². The molecule has 0 unspecified atom stereocenters. The van der Waals surface area contributed by atoms with E-state index in [1.807, 2.05) is 13.0 Å². The number of non-ortho nitro benzene ring substituents is 1. The van der Waals surface area contributed by atoms with Crippen LogP contribution < -0.4 is 10.2 Å². The second-order valence-corrected chi connectivity index (χ2v) is 7.54. The predicted octanol–water partition coefficient (Wildman–Crippen LogP) is 4.89. The van der Waals surface area contributed by atoms with Crippen LogP contribution in [0.2, 0.25) is 0 Å². The zero-order chi connectivity index (χ0) is 23.9. The van der Waals surface area contributed by atoms with E-state index in [0.717, 1.165) is 22.6 Å². The van der Waals surface area contributed by atoms with Crippen LogP contribution in [0.15, 0.2) is 66.4 Å². The van der Waals surface area contributed by atoms with Gasteiger partial charge < -0.3 is 5.32 Å². The Hall–Kier alpha value is -4.40. The smallest absolute Gasteiger partial charge is 0.282 e. The summed E-state index contributed by atoms with van der Waals surface area (Å²) >= 11 is 0. The predicted molar refractivity (Wildman–Crippen MR) is 118 cm³/mol. The summed E-state index contributed by atoms with van der Waals surface area (Å²) in [6, 6.07) is 13.4. The molecule has 7 nitrogen and oxygen atoms in total. The normalized spacial score (nSPS) is 13.6. The lowest BCUT2D eigenvalue weighted by molar-refractivity contribution is -0.384. The highest BCUT2D eigenvalue weighted by Crippen LogP contribution is 2.36. The Morgan fingerprint density at radius 1 is 0.879 bits per heavy atom. The number of aryl methyl sites for hydroxylation is 2. The maximum atomic E-state index is 13.7. The summed E-state index contributed by atoms with van der Waals surface area (Å²) in [7, 11) is 0. The van der Waals surface area contributed by atoms with Gasteiger partial charge in [0.25, 0.3) is 17.5 Å². The van der Waals surface area contributed by atoms with E-state index in [2.05, 4.69) is 5.32 Å². The Bertz CT molecular complexity index is 1350. The number of halogens is 2. The van der Waals surface area contributed by atoms with Crippen molar-refractivity contribution in [3.63, 3.8) is 0 Å². The van der Waals surface area contributed by atoms with Gasteiger partial charge in [-0.25, -0.2) is 13.7 Å². The van der Waals surface area contributed by atoms with Gasteiger partial charge in [-0.3, -0.25) is 19.7 Å². The van der Waals surface area contributed by atoms with Crippen molar-refractivity contribution in [1.82, 2.24) is 0 Å². The first-order valence-electron chi connectivity index (χ1n) is 9.84. The number of imide groups is 1. The van der Waals surface area contributed by atoms with Gasteiger partial charge in [0.05, 0.1) is 16.2 Å². The summed E-state index contributed by atoms with van der Waals surface area (Å²) in [5.74, 6) is -3.52. The number of carbonyl (C=O) groups excluding carboxylic acids is 2. The number of benzene rings is 3. The molecule has 0 fully saturated rings. The van der Waals surface area contributed by atoms with Gasteiger partial charge >= 0.3 is 0 Å². The molecule has 0 spiro atoms. The van der Waals surface area contributed by atoms with Crippen molar-refractivity contribution in [2.75, 3.05) is 10.2 Å². The van der Waals surface area contributed by atoms with Crippen LogP contribution in [0.3, 0.4) is 0 Å². The number of hydrogen-bond donors (Lipinski definition) is 1. The Balaban J connectivity index is 1.84. The lowest BCUT2D eigenvalue weighted by atomic mass is 10.0. The highest BCUT2D eigenvalue weighted by Gasteiger charge is 2.41. The number of amides is 2. The van der Waals surface area contributed by atoms with Crippen LogP contribution in [-0.4, -0.2) is 16.7 Å². The lowest BCUT2D eigenvalue weighted by Crippen LogP contribution is -2.33. The summed E-state index contributed by atoms with van der Waals surface area (Å²) in [4.78, 5) is 38.2. The number of carbonyl (C=O) groups is 2. The number of nitrogens with one attached hydrogen (secondary N) is 1. The minimum absolute atomic E-state index is 0.0420. The van der Waals surface area contributed by atoms with Crippen LogP contribution in [0, 0.1) is 35.6 Å². The largest absolute Gasteiger partial charge is 0.350 e. The molecular weight excluding hydrogens is 432 g/mol. The van der Waals surface area contributed by atoms with Gasteiger partial charge in [0, 0.05) is 23.9 Å². The number of nitro benzene ring substituents is 1. The molecule has 166 valence electrons. The zero-order valence-electron chi connectivity index (χ0n) is 17.6. The fraction of sp³-hybridized carbons (Fsp3) is 0.0833. The van der Waals surface area contributed by atoms with Gasteiger partial charge in [-0.05, 0) is 55.3 Å². The lowest BCUT2D eigenvalue weighted by Gasteiger charge is -2.18. The van der Waals surface area contributed by atoms with E-state index in [-0.39, 0.29) is 28.2 Å². The van der Waals surface area contributed by atoms with E-state index in [1.165, 1.54) is 30.3 Å². The Morgan fingerprint density at radius 3 is 2.18 bits per heavy atom. The highest BCUT2D eigenvalue weighted by molar-refractivity contribution is 6.46. The highest BCUT2D eigenvalue weighted by atomic mass is 19.2. The summed E-state index contributed by atoms with van der Waals surface area (Å²) in [5, 5.41) is 13.7. The van der Waals surface area contributed by atoms with Gasteiger partial charge in [-0.2, -0.15) is 0 Å². The van der Waals surface area contributed by atoms with Crippen molar-refractivity contribution < 1.29 is 23.3 Å². The second kappa shape index (κ2) is 8.27. The third-order valence-corrected chi connectivity index (χ3v) is 5.23. The average molecular weight is 449 g/mol. The van der Waals surface area contributed by atoms with Crippen molar-refractivity contribution in [2.24, 2.45) is 0 Å². The standard InChI is InChI=1S/C24H17F2N3O4/c1-13-3-10-20(14(2)11-13)28-23(30)21(15-4-7-17(8-5-15)29(32)33)22(24(28)31)27-16-6-9-18(25)19(26)12-16/h3-12,27H,1-2H3. The van der Waals surface area contributed by atoms with Crippen molar-refractivity contribution in [1.29, 1.82) is 0 Å². The molecule has 0 bridgehead atoms. The summed E-state index contributed by atoms with van der Waals surface area (Å²) in [6.45, 7) is 3.64. The third kappa shape index (κ3) is 3.96. The van der Waals surface area contributed by atoms with Gasteiger partial charge in [-0.1, -0.05) is 17.7 Å². The maximum absolute atomic E-state index is 13.7. The molecule has 4 rings (SSSR count). The molecule has 0 atom stereocenters. The molecule has 1 aliphatic rings. The minimum Gasteiger partial charge on any atom is -0.350 e. The molecule has 1 aliphatic heterocycles. The number of nitrogens with zero attached hydrogens (tertiary/aromatic N) is 2. The van der Waals surface area contributed by atoms with E-state index < -0.39 is 28.4 Å². The molecular formula is C24H17F2N3O4. The molecule has 3 aromatic rings.